The molecule has 3 aromatic rings. The van der Waals surface area contributed by atoms with Crippen LogP contribution in [0.5, 0.6) is 11.5 Å². The quantitative estimate of drug-likeness (QED) is 0.626. The van der Waals surface area contributed by atoms with Gasteiger partial charge in [0, 0.05) is 24.0 Å². The van der Waals surface area contributed by atoms with Gasteiger partial charge in [-0.1, -0.05) is 6.07 Å². The largest absolute Gasteiger partial charge is 0.497 e. The highest BCUT2D eigenvalue weighted by atomic mass is 32.2. The van der Waals surface area contributed by atoms with Crippen molar-refractivity contribution in [2.24, 2.45) is 0 Å². The first-order chi connectivity index (χ1) is 14.4. The molecule has 0 spiro atoms. The number of fused-ring (bicyclic) bond motifs is 1. The summed E-state index contributed by atoms with van der Waals surface area (Å²) in [6.07, 6.45) is 0.657. The molecule has 1 aliphatic heterocycles. The number of carbonyl (C=O) groups is 1. The van der Waals surface area contributed by atoms with Gasteiger partial charge in [-0.2, -0.15) is 0 Å². The van der Waals surface area contributed by atoms with Crippen molar-refractivity contribution in [2.45, 2.75) is 11.3 Å². The number of methoxy groups -OCH3 is 2. The molecule has 4 rings (SSSR count). The number of hydrogen-bond acceptors (Lipinski definition) is 6. The van der Waals surface area contributed by atoms with Crippen LogP contribution in [0.3, 0.4) is 0 Å². The Kier molecular flexibility index (Phi) is 5.40. The minimum absolute atomic E-state index is 0.0145. The number of thiophene rings is 1. The number of benzene rings is 2. The van der Waals surface area contributed by atoms with Crippen LogP contribution in [0.25, 0.3) is 0 Å². The van der Waals surface area contributed by atoms with E-state index in [1.807, 2.05) is 11.4 Å². The zero-order valence-electron chi connectivity index (χ0n) is 16.4. The summed E-state index contributed by atoms with van der Waals surface area (Å²) >= 11 is 1.40. The molecule has 2 aromatic carbocycles. The maximum absolute atomic E-state index is 13.0. The highest BCUT2D eigenvalue weighted by Crippen LogP contribution is 2.34. The van der Waals surface area contributed by atoms with Crippen LogP contribution in [-0.2, 0) is 16.4 Å². The summed E-state index contributed by atoms with van der Waals surface area (Å²) in [6, 6.07) is 13.4. The molecular formula is C21H20N2O5S2. The van der Waals surface area contributed by atoms with Crippen LogP contribution in [0, 0.1) is 0 Å². The van der Waals surface area contributed by atoms with Gasteiger partial charge in [0.15, 0.2) is 0 Å². The van der Waals surface area contributed by atoms with Gasteiger partial charge in [0.2, 0.25) is 0 Å². The highest BCUT2D eigenvalue weighted by molar-refractivity contribution is 7.92. The average Bonchev–Trinajstić information content (AvgIpc) is 3.42. The summed E-state index contributed by atoms with van der Waals surface area (Å²) < 4.78 is 38.9. The molecule has 0 saturated carbocycles. The van der Waals surface area contributed by atoms with E-state index in [1.165, 1.54) is 31.6 Å². The van der Waals surface area contributed by atoms with E-state index in [9.17, 15) is 13.2 Å². The first-order valence-electron chi connectivity index (χ1n) is 9.16. The van der Waals surface area contributed by atoms with Crippen molar-refractivity contribution >= 4 is 38.6 Å². The third kappa shape index (κ3) is 3.73. The lowest BCUT2D eigenvalue weighted by atomic mass is 10.1. The maximum Gasteiger partial charge on any atom is 0.268 e. The van der Waals surface area contributed by atoms with E-state index in [-0.39, 0.29) is 16.6 Å². The van der Waals surface area contributed by atoms with Crippen LogP contribution in [0.4, 0.5) is 11.4 Å². The number of sulfonamides is 1. The third-order valence-corrected chi connectivity index (χ3v) is 7.13. The fraction of sp³-hybridized carbons (Fsp3) is 0.190. The smallest absolute Gasteiger partial charge is 0.268 e. The number of amides is 1. The Bertz CT molecular complexity index is 1190. The number of carbonyl (C=O) groups excluding carboxylic acids is 1. The summed E-state index contributed by atoms with van der Waals surface area (Å²) in [4.78, 5) is 15.1. The molecule has 156 valence electrons. The van der Waals surface area contributed by atoms with E-state index >= 15 is 0 Å². The fourth-order valence-corrected chi connectivity index (χ4v) is 5.32. The number of nitrogens with zero attached hydrogens (tertiary/aromatic N) is 1. The Labute approximate surface area is 178 Å². The van der Waals surface area contributed by atoms with E-state index in [0.29, 0.717) is 29.3 Å². The fourth-order valence-electron chi connectivity index (χ4n) is 3.41. The van der Waals surface area contributed by atoms with Crippen molar-refractivity contribution in [3.05, 3.63) is 64.4 Å². The molecule has 1 amide bonds. The molecule has 9 heteroatoms. The lowest BCUT2D eigenvalue weighted by molar-refractivity contribution is 0.0993. The molecule has 0 fully saturated rings. The van der Waals surface area contributed by atoms with Crippen LogP contribution >= 0.6 is 11.3 Å². The van der Waals surface area contributed by atoms with Crippen molar-refractivity contribution in [2.75, 3.05) is 30.4 Å². The van der Waals surface area contributed by atoms with Crippen molar-refractivity contribution in [3.8, 4) is 11.5 Å². The molecule has 1 aromatic heterocycles. The van der Waals surface area contributed by atoms with Gasteiger partial charge < -0.3 is 14.4 Å². The van der Waals surface area contributed by atoms with Gasteiger partial charge in [-0.05, 0) is 53.8 Å². The van der Waals surface area contributed by atoms with E-state index in [2.05, 4.69) is 4.72 Å². The zero-order valence-corrected chi connectivity index (χ0v) is 18.0. The van der Waals surface area contributed by atoms with Crippen LogP contribution in [0.15, 0.2) is 58.8 Å². The second kappa shape index (κ2) is 8.00. The van der Waals surface area contributed by atoms with Crippen LogP contribution in [0.2, 0.25) is 0 Å². The Balaban J connectivity index is 1.61. The van der Waals surface area contributed by atoms with Crippen LogP contribution in [-0.4, -0.2) is 35.1 Å². The third-order valence-electron chi connectivity index (χ3n) is 4.86. The second-order valence-corrected chi connectivity index (χ2v) is 9.25. The predicted molar refractivity (Wildman–Crippen MR) is 116 cm³/mol. The van der Waals surface area contributed by atoms with Gasteiger partial charge in [0.25, 0.3) is 15.9 Å². The molecule has 0 radical (unpaired) electrons. The number of anilines is 2. The Morgan fingerprint density at radius 2 is 1.93 bits per heavy atom. The second-order valence-electron chi connectivity index (χ2n) is 6.65. The van der Waals surface area contributed by atoms with Crippen LogP contribution in [0.1, 0.15) is 15.2 Å². The SMILES string of the molecule is COc1ccc(OC)c(S(=O)(=O)Nc2ccc3c(c2)CCN3C(=O)c2cccs2)c1. The van der Waals surface area contributed by atoms with E-state index in [4.69, 9.17) is 9.47 Å². The van der Waals surface area contributed by atoms with Gasteiger partial charge >= 0.3 is 0 Å². The van der Waals surface area contributed by atoms with Crippen molar-refractivity contribution < 1.29 is 22.7 Å². The maximum atomic E-state index is 13.0. The lowest BCUT2D eigenvalue weighted by Gasteiger charge is -2.17. The molecule has 0 atom stereocenters. The standard InChI is InChI=1S/C21H20N2O5S2/c1-27-16-6-8-18(28-2)20(13-16)30(25,26)22-15-5-7-17-14(12-15)9-10-23(17)21(24)19-4-3-11-29-19/h3-8,11-13,22H,9-10H2,1-2H3. The summed E-state index contributed by atoms with van der Waals surface area (Å²) in [5.74, 6) is 0.586. The summed E-state index contributed by atoms with van der Waals surface area (Å²) in [6.45, 7) is 0.561. The Morgan fingerprint density at radius 3 is 2.63 bits per heavy atom. The minimum atomic E-state index is -3.91. The minimum Gasteiger partial charge on any atom is -0.497 e. The van der Waals surface area contributed by atoms with Crippen molar-refractivity contribution in [1.82, 2.24) is 0 Å². The molecule has 30 heavy (non-hydrogen) atoms. The molecule has 0 aliphatic carbocycles. The first kappa shape index (κ1) is 20.2. The summed E-state index contributed by atoms with van der Waals surface area (Å²) in [7, 11) is -1.03. The highest BCUT2D eigenvalue weighted by Gasteiger charge is 2.27. The van der Waals surface area contributed by atoms with Gasteiger partial charge in [-0.25, -0.2) is 8.42 Å². The molecule has 2 heterocycles. The number of nitrogens with one attached hydrogen (secondary N) is 1. The predicted octanol–water partition coefficient (Wildman–Crippen LogP) is 3.77. The van der Waals surface area contributed by atoms with Crippen molar-refractivity contribution in [3.63, 3.8) is 0 Å². The average molecular weight is 445 g/mol. The Hall–Kier alpha value is -3.04. The van der Waals surface area contributed by atoms with Crippen molar-refractivity contribution in [1.29, 1.82) is 0 Å². The topological polar surface area (TPSA) is 84.9 Å². The summed E-state index contributed by atoms with van der Waals surface area (Å²) in [5, 5.41) is 1.87. The number of rotatable bonds is 6. The molecule has 1 N–H and O–H groups in total. The Morgan fingerprint density at radius 1 is 1.10 bits per heavy atom. The van der Waals surface area contributed by atoms with E-state index in [0.717, 1.165) is 11.3 Å². The van der Waals surface area contributed by atoms with Gasteiger partial charge in [-0.15, -0.1) is 11.3 Å². The van der Waals surface area contributed by atoms with E-state index < -0.39 is 10.0 Å². The summed E-state index contributed by atoms with van der Waals surface area (Å²) in [5.41, 5.74) is 2.14. The molecule has 7 nitrogen and oxygen atoms in total. The molecule has 0 unspecified atom stereocenters. The number of hydrogen-bond donors (Lipinski definition) is 1. The normalized spacial score (nSPS) is 13.1. The zero-order chi connectivity index (χ0) is 21.3. The van der Waals surface area contributed by atoms with Gasteiger partial charge in [0.05, 0.1) is 19.1 Å². The molecule has 0 saturated heterocycles. The monoisotopic (exact) mass is 444 g/mol. The molecule has 1 aliphatic rings. The van der Waals surface area contributed by atoms with E-state index in [1.54, 1.807) is 41.3 Å². The lowest BCUT2D eigenvalue weighted by Crippen LogP contribution is -2.28. The van der Waals surface area contributed by atoms with Gasteiger partial charge in [-0.3, -0.25) is 9.52 Å². The molecule has 0 bridgehead atoms. The first-order valence-corrected chi connectivity index (χ1v) is 11.5. The van der Waals surface area contributed by atoms with Gasteiger partial charge in [0.1, 0.15) is 16.4 Å². The number of ether oxygens (including phenoxy) is 2. The van der Waals surface area contributed by atoms with Crippen LogP contribution < -0.4 is 19.1 Å². The molecular weight excluding hydrogens is 424 g/mol.